The molecule has 0 amide bonds. The summed E-state index contributed by atoms with van der Waals surface area (Å²) in [6.07, 6.45) is 15.2. The molecule has 59 heavy (non-hydrogen) atoms. The number of carbonyl (C=O) groups excluding carboxylic acids is 3. The van der Waals surface area contributed by atoms with Crippen LogP contribution in [0.1, 0.15) is 48.3 Å². The first kappa shape index (κ1) is 50.8. The molecule has 1 fully saturated rings. The Labute approximate surface area is 352 Å². The normalized spacial score (nSPS) is 14.8. The van der Waals surface area contributed by atoms with E-state index in [2.05, 4.69) is 29.8 Å². The van der Waals surface area contributed by atoms with Gasteiger partial charge >= 0.3 is 11.7 Å². The largest absolute Gasteiger partial charge is 0.778 e. The molecular weight excluding hydrogens is 880 g/mol. The van der Waals surface area contributed by atoms with Crippen LogP contribution in [0.25, 0.3) is 5.69 Å². The highest BCUT2D eigenvalue weighted by molar-refractivity contribution is 7.94. The van der Waals surface area contributed by atoms with E-state index < -0.39 is 75.7 Å². The van der Waals surface area contributed by atoms with Gasteiger partial charge in [-0.2, -0.15) is 4.68 Å². The molecule has 322 valence electrons. The number of ether oxygens (including phenoxy) is 1. The van der Waals surface area contributed by atoms with Crippen molar-refractivity contribution in [2.24, 2.45) is 5.92 Å². The first-order valence-corrected chi connectivity index (χ1v) is 24.0. The zero-order chi connectivity index (χ0) is 44.8. The van der Waals surface area contributed by atoms with E-state index in [0.29, 0.717) is 45.3 Å². The number of ketones is 3. The number of benzene rings is 2. The smallest absolute Gasteiger partial charge is 0.350 e. The fourth-order valence-electron chi connectivity index (χ4n) is 5.23. The van der Waals surface area contributed by atoms with E-state index >= 15 is 0 Å². The summed E-state index contributed by atoms with van der Waals surface area (Å²) in [7, 11) is -7.40. The Bertz CT molecular complexity index is 2300. The van der Waals surface area contributed by atoms with Gasteiger partial charge in [0, 0.05) is 44.2 Å². The van der Waals surface area contributed by atoms with Crippen molar-refractivity contribution in [3.63, 3.8) is 0 Å². The number of aromatic nitrogens is 3. The Balaban J connectivity index is 0.000000311. The van der Waals surface area contributed by atoms with Gasteiger partial charge in [-0.3, -0.25) is 39.2 Å². The lowest BCUT2D eigenvalue weighted by atomic mass is 9.81. The molecule has 1 aliphatic carbocycles. The van der Waals surface area contributed by atoms with E-state index in [0.717, 1.165) is 49.5 Å². The summed E-state index contributed by atoms with van der Waals surface area (Å²) in [5.74, 6) is -1.28. The van der Waals surface area contributed by atoms with Crippen molar-refractivity contribution >= 4 is 80.5 Å². The average molecular weight is 923 g/mol. The van der Waals surface area contributed by atoms with Crippen LogP contribution in [-0.4, -0.2) is 105 Å². The van der Waals surface area contributed by atoms with Gasteiger partial charge in [-0.05, 0) is 48.4 Å². The van der Waals surface area contributed by atoms with Crippen molar-refractivity contribution in [2.45, 2.75) is 50.0 Å². The minimum Gasteiger partial charge on any atom is -0.778 e. The molecule has 2 aliphatic rings. The van der Waals surface area contributed by atoms with Gasteiger partial charge < -0.3 is 24.2 Å². The van der Waals surface area contributed by atoms with Gasteiger partial charge in [0.1, 0.15) is 31.7 Å². The zero-order valence-electron chi connectivity index (χ0n) is 32.2. The molecule has 3 N–H and O–H groups in total. The Kier molecular flexibility index (Phi) is 19.6. The molecule has 3 aromatic rings. The Morgan fingerprint density at radius 1 is 1.08 bits per heavy atom. The number of aryl methyl sites for hydroxylation is 1. The van der Waals surface area contributed by atoms with Crippen molar-refractivity contribution in [1.82, 2.24) is 19.7 Å². The van der Waals surface area contributed by atoms with E-state index in [1.54, 1.807) is 10.6 Å². The SMILES string of the molecule is C#CCOc1cc(-n2nc3n(c2=O)CCCC3)c(Cl)cc1Cl.CS(=O)(=O)c1ccc(C(=O)C2C(=O)CCCC2=O)c([N+](=O)[O-])c1.C[S+](C)C.O=C(O)CNCP(=O)([O-])O. The standard InChI is InChI=1S/C15H13Cl2N3O2.C14H13NO7S.C3H8NO5P.C3H9S/c1-2-7-22-13-9-12(10(16)8-11(13)17)20-15(21)19-6-4-3-5-14(19)18-20;1-23(21,22)8-5-6-9(10(7-8)15(19)20)14(18)13-11(16)3-2-4-12(13)17;5-3(6)1-4-2-10(7,8)9;1-4(2)3/h1,8-9H,3-7H2;5-7,13H,2-4H2,1H3;4H,1-2H2,(H,5,6)(H2,7,8,9);1-3H3/q;;;+1/p-1. The number of fused-ring (bicyclic) bond motifs is 1. The number of aliphatic carboxylic acids is 1. The maximum Gasteiger partial charge on any atom is 0.350 e. The summed E-state index contributed by atoms with van der Waals surface area (Å²) >= 11 is 12.3. The maximum absolute atomic E-state index is 12.5. The molecule has 24 heteroatoms. The third-order valence-corrected chi connectivity index (χ3v) is 10.0. The number of sulfone groups is 1. The molecule has 2 aromatic carbocycles. The summed E-state index contributed by atoms with van der Waals surface area (Å²) in [5, 5.41) is 26.2. The average Bonchev–Trinajstić information content (AvgIpc) is 3.45. The minimum atomic E-state index is -4.35. The van der Waals surface area contributed by atoms with Gasteiger partial charge in [0.15, 0.2) is 27.2 Å². The highest BCUT2D eigenvalue weighted by Crippen LogP contribution is 2.33. The number of rotatable bonds is 11. The highest BCUT2D eigenvalue weighted by Gasteiger charge is 2.39. The molecular formula is C35H42Cl2N5O14PS2. The Hall–Kier alpha value is -4.39. The lowest BCUT2D eigenvalue weighted by molar-refractivity contribution is -0.385. The first-order valence-electron chi connectivity index (χ1n) is 17.2. The van der Waals surface area contributed by atoms with Gasteiger partial charge in [-0.1, -0.05) is 29.1 Å². The number of terminal acetylenes is 1. The van der Waals surface area contributed by atoms with Crippen molar-refractivity contribution in [1.29, 1.82) is 0 Å². The molecule has 1 saturated carbocycles. The van der Waals surface area contributed by atoms with Crippen LogP contribution in [-0.2, 0) is 52.6 Å². The number of nitrogens with zero attached hydrogens (tertiary/aromatic N) is 4. The van der Waals surface area contributed by atoms with Crippen LogP contribution in [0.2, 0.25) is 10.0 Å². The fraction of sp³-hybridized carbons (Fsp3) is 0.429. The number of carbonyl (C=O) groups is 4. The second kappa shape index (κ2) is 22.8. The second-order valence-electron chi connectivity index (χ2n) is 13.1. The van der Waals surface area contributed by atoms with Crippen LogP contribution in [0.3, 0.4) is 0 Å². The van der Waals surface area contributed by atoms with E-state index in [-0.39, 0.29) is 30.0 Å². The Morgan fingerprint density at radius 3 is 2.20 bits per heavy atom. The van der Waals surface area contributed by atoms with E-state index in [1.165, 1.54) is 10.7 Å². The zero-order valence-corrected chi connectivity index (χ0v) is 36.3. The summed E-state index contributed by atoms with van der Waals surface area (Å²) in [5.41, 5.74) is -0.938. The number of hydrogen-bond acceptors (Lipinski definition) is 14. The van der Waals surface area contributed by atoms with Crippen LogP contribution in [0.4, 0.5) is 5.69 Å². The van der Waals surface area contributed by atoms with Crippen molar-refractivity contribution in [2.75, 3.05) is 44.5 Å². The summed E-state index contributed by atoms with van der Waals surface area (Å²) in [6, 6.07) is 5.90. The maximum atomic E-state index is 12.5. The molecule has 0 bridgehead atoms. The van der Waals surface area contributed by atoms with E-state index in [4.69, 9.17) is 44.4 Å². The van der Waals surface area contributed by atoms with Gasteiger partial charge in [-0.15, -0.1) is 11.5 Å². The third-order valence-electron chi connectivity index (χ3n) is 7.71. The topological polar surface area (TPSA) is 287 Å². The molecule has 1 aliphatic heterocycles. The number of nitrogens with one attached hydrogen (secondary N) is 1. The quantitative estimate of drug-likeness (QED) is 0.0474. The molecule has 5 rings (SSSR count). The van der Waals surface area contributed by atoms with Crippen LogP contribution in [0, 0.1) is 28.4 Å². The summed E-state index contributed by atoms with van der Waals surface area (Å²) in [4.78, 5) is 86.2. The van der Waals surface area contributed by atoms with Crippen molar-refractivity contribution in [3.05, 3.63) is 72.4 Å². The molecule has 1 atom stereocenters. The van der Waals surface area contributed by atoms with Crippen molar-refractivity contribution < 1.29 is 56.7 Å². The number of nitro groups is 1. The van der Waals surface area contributed by atoms with E-state index in [1.807, 2.05) is 5.32 Å². The second-order valence-corrected chi connectivity index (χ2v) is 19.9. The lowest BCUT2D eigenvalue weighted by Gasteiger charge is -2.18. The number of Topliss-reactive ketones (excluding diaryl/α,β-unsaturated/α-hetero) is 3. The van der Waals surface area contributed by atoms with Gasteiger partial charge in [0.05, 0.1) is 62.7 Å². The predicted molar refractivity (Wildman–Crippen MR) is 218 cm³/mol. The number of halogens is 2. The number of carboxylic acids is 1. The highest BCUT2D eigenvalue weighted by atomic mass is 35.5. The molecule has 19 nitrogen and oxygen atoms in total. The molecule has 0 spiro atoms. The van der Waals surface area contributed by atoms with E-state index in [9.17, 15) is 52.0 Å². The third kappa shape index (κ3) is 16.0. The monoisotopic (exact) mass is 921 g/mol. The van der Waals surface area contributed by atoms with Crippen LogP contribution in [0.5, 0.6) is 5.75 Å². The molecule has 2 heterocycles. The Morgan fingerprint density at radius 2 is 1.69 bits per heavy atom. The summed E-state index contributed by atoms with van der Waals surface area (Å²) < 4.78 is 41.2. The van der Waals surface area contributed by atoms with Gasteiger partial charge in [0.2, 0.25) is 0 Å². The van der Waals surface area contributed by atoms with Crippen LogP contribution in [0.15, 0.2) is 40.0 Å². The van der Waals surface area contributed by atoms with Gasteiger partial charge in [0.25, 0.3) is 5.69 Å². The lowest BCUT2D eigenvalue weighted by Crippen LogP contribution is -2.35. The first-order chi connectivity index (χ1) is 27.4. The number of hydrogen-bond donors (Lipinski definition) is 3. The summed E-state index contributed by atoms with van der Waals surface area (Å²) in [6.45, 7) is 0.280. The van der Waals surface area contributed by atoms with Crippen LogP contribution < -0.4 is 20.6 Å². The van der Waals surface area contributed by atoms with Crippen LogP contribution >= 0.6 is 30.8 Å². The minimum absolute atomic E-state index is 0.0668. The number of carboxylic acid groups (broad SMARTS) is 1. The predicted octanol–water partition coefficient (Wildman–Crippen LogP) is 2.47. The number of nitro benzene ring substituents is 1. The molecule has 0 radical (unpaired) electrons. The van der Waals surface area contributed by atoms with Crippen molar-refractivity contribution in [3.8, 4) is 23.8 Å². The van der Waals surface area contributed by atoms with Gasteiger partial charge in [-0.25, -0.2) is 13.2 Å². The molecule has 0 saturated heterocycles. The fourth-order valence-corrected chi connectivity index (χ4v) is 6.78. The molecule has 1 unspecified atom stereocenters. The molecule has 1 aromatic heterocycles.